The molecule has 2 aliphatic heterocycles. The van der Waals surface area contributed by atoms with Crippen LogP contribution in [0.5, 0.6) is 0 Å². The van der Waals surface area contributed by atoms with Crippen molar-refractivity contribution in [3.05, 3.63) is 34.9 Å². The number of hydrogen-bond acceptors (Lipinski definition) is 3. The van der Waals surface area contributed by atoms with Crippen molar-refractivity contribution in [1.29, 1.82) is 0 Å². The van der Waals surface area contributed by atoms with Gasteiger partial charge >= 0.3 is 0 Å². The summed E-state index contributed by atoms with van der Waals surface area (Å²) < 4.78 is 6.13. The molecule has 116 valence electrons. The Morgan fingerprint density at radius 2 is 2.10 bits per heavy atom. The van der Waals surface area contributed by atoms with Crippen LogP contribution < -0.4 is 0 Å². The average molecular weight is 309 g/mol. The van der Waals surface area contributed by atoms with Gasteiger partial charge in [-0.1, -0.05) is 29.8 Å². The van der Waals surface area contributed by atoms with Crippen LogP contribution in [0.3, 0.4) is 0 Å². The van der Waals surface area contributed by atoms with Gasteiger partial charge in [-0.2, -0.15) is 0 Å². The number of halogens is 1. The minimum Gasteiger partial charge on any atom is -0.372 e. The summed E-state index contributed by atoms with van der Waals surface area (Å²) >= 11 is 6.25. The fourth-order valence-corrected chi connectivity index (χ4v) is 3.84. The van der Waals surface area contributed by atoms with E-state index in [2.05, 4.69) is 36.0 Å². The average Bonchev–Trinajstić information content (AvgIpc) is 2.82. The monoisotopic (exact) mass is 308 g/mol. The van der Waals surface area contributed by atoms with Crippen molar-refractivity contribution < 1.29 is 4.74 Å². The molecule has 0 bridgehead atoms. The quantitative estimate of drug-likeness (QED) is 0.832. The highest BCUT2D eigenvalue weighted by Crippen LogP contribution is 2.42. The molecule has 2 saturated heterocycles. The van der Waals surface area contributed by atoms with Crippen LogP contribution in [-0.2, 0) is 11.3 Å². The molecule has 1 spiro atoms. The third-order valence-electron chi connectivity index (χ3n) is 4.86. The maximum absolute atomic E-state index is 6.25. The highest BCUT2D eigenvalue weighted by atomic mass is 35.5. The summed E-state index contributed by atoms with van der Waals surface area (Å²) in [6.07, 6.45) is 2.46. The van der Waals surface area contributed by atoms with Crippen molar-refractivity contribution in [3.63, 3.8) is 0 Å². The first kappa shape index (κ1) is 15.3. The van der Waals surface area contributed by atoms with Crippen LogP contribution in [-0.4, -0.2) is 55.7 Å². The van der Waals surface area contributed by atoms with E-state index in [0.29, 0.717) is 5.92 Å². The molecule has 2 fully saturated rings. The highest BCUT2D eigenvalue weighted by molar-refractivity contribution is 6.31. The van der Waals surface area contributed by atoms with Gasteiger partial charge in [-0.05, 0) is 51.0 Å². The molecule has 2 heterocycles. The van der Waals surface area contributed by atoms with E-state index in [1.54, 1.807) is 0 Å². The number of benzene rings is 1. The lowest BCUT2D eigenvalue weighted by molar-refractivity contribution is -0.137. The second-order valence-corrected chi connectivity index (χ2v) is 7.13. The third-order valence-corrected chi connectivity index (χ3v) is 5.23. The fourth-order valence-electron chi connectivity index (χ4n) is 3.65. The Hall–Kier alpha value is -0.610. The van der Waals surface area contributed by atoms with E-state index < -0.39 is 0 Å². The number of rotatable bonds is 5. The molecule has 0 N–H and O–H groups in total. The van der Waals surface area contributed by atoms with Gasteiger partial charge in [0.05, 0.1) is 5.60 Å². The first-order valence-electron chi connectivity index (χ1n) is 7.83. The van der Waals surface area contributed by atoms with Gasteiger partial charge in [-0.25, -0.2) is 0 Å². The Kier molecular flexibility index (Phi) is 4.55. The number of likely N-dealkylation sites (tertiary alicyclic amines) is 1. The summed E-state index contributed by atoms with van der Waals surface area (Å²) in [6, 6.07) is 8.13. The van der Waals surface area contributed by atoms with Gasteiger partial charge in [0.25, 0.3) is 0 Å². The molecule has 0 amide bonds. The maximum atomic E-state index is 6.25. The van der Waals surface area contributed by atoms with Crippen LogP contribution in [0.15, 0.2) is 24.3 Å². The smallest absolute Gasteiger partial charge is 0.0964 e. The zero-order valence-corrected chi connectivity index (χ0v) is 13.8. The molecular formula is C17H25ClN2O. The molecule has 0 aromatic heterocycles. The second kappa shape index (κ2) is 6.25. The van der Waals surface area contributed by atoms with E-state index in [-0.39, 0.29) is 5.60 Å². The Bertz CT molecular complexity index is 485. The van der Waals surface area contributed by atoms with Crippen LogP contribution in [0.1, 0.15) is 18.4 Å². The number of hydrogen-bond donors (Lipinski definition) is 0. The van der Waals surface area contributed by atoms with Crippen molar-refractivity contribution in [3.8, 4) is 0 Å². The van der Waals surface area contributed by atoms with Crippen LogP contribution in [0.25, 0.3) is 0 Å². The van der Waals surface area contributed by atoms with Crippen molar-refractivity contribution in [2.45, 2.75) is 25.0 Å². The lowest BCUT2D eigenvalue weighted by Gasteiger charge is -2.50. The van der Waals surface area contributed by atoms with Crippen molar-refractivity contribution in [1.82, 2.24) is 9.80 Å². The van der Waals surface area contributed by atoms with Crippen molar-refractivity contribution in [2.24, 2.45) is 5.92 Å². The van der Waals surface area contributed by atoms with Gasteiger partial charge in [-0.15, -0.1) is 0 Å². The van der Waals surface area contributed by atoms with Crippen LogP contribution in [0.4, 0.5) is 0 Å². The second-order valence-electron chi connectivity index (χ2n) is 6.73. The van der Waals surface area contributed by atoms with E-state index in [4.69, 9.17) is 16.3 Å². The summed E-state index contributed by atoms with van der Waals surface area (Å²) in [5.41, 5.74) is 1.34. The Morgan fingerprint density at radius 3 is 2.81 bits per heavy atom. The normalized spacial score (nSPS) is 24.7. The van der Waals surface area contributed by atoms with E-state index in [0.717, 1.165) is 37.8 Å². The topological polar surface area (TPSA) is 15.7 Å². The first-order valence-corrected chi connectivity index (χ1v) is 8.21. The Morgan fingerprint density at radius 1 is 1.33 bits per heavy atom. The molecule has 1 aromatic carbocycles. The third kappa shape index (κ3) is 3.26. The standard InChI is InChI=1S/C17H25ClN2O/c1-19(2)9-7-15-8-10-21-17(15)12-20(13-17)11-14-5-3-4-6-16(14)18/h3-6,15H,7-13H2,1-2H3/t15-/m0/s1. The van der Waals surface area contributed by atoms with Crippen LogP contribution >= 0.6 is 11.6 Å². The largest absolute Gasteiger partial charge is 0.372 e. The van der Waals surface area contributed by atoms with Gasteiger partial charge in [0, 0.05) is 31.3 Å². The molecule has 4 heteroatoms. The molecule has 3 nitrogen and oxygen atoms in total. The van der Waals surface area contributed by atoms with Gasteiger partial charge < -0.3 is 9.64 Å². The summed E-state index contributed by atoms with van der Waals surface area (Å²) in [7, 11) is 4.29. The summed E-state index contributed by atoms with van der Waals surface area (Å²) in [6.45, 7) is 5.12. The molecule has 1 aromatic rings. The highest BCUT2D eigenvalue weighted by Gasteiger charge is 2.52. The van der Waals surface area contributed by atoms with E-state index in [1.165, 1.54) is 18.4 Å². The first-order chi connectivity index (χ1) is 10.1. The summed E-state index contributed by atoms with van der Waals surface area (Å²) in [5.74, 6) is 0.711. The number of nitrogens with zero attached hydrogens (tertiary/aromatic N) is 2. The summed E-state index contributed by atoms with van der Waals surface area (Å²) in [5, 5.41) is 0.870. The zero-order valence-electron chi connectivity index (χ0n) is 13.0. The van der Waals surface area contributed by atoms with Crippen LogP contribution in [0, 0.1) is 5.92 Å². The Balaban J connectivity index is 1.55. The molecule has 0 radical (unpaired) electrons. The molecule has 2 aliphatic rings. The molecule has 0 unspecified atom stereocenters. The van der Waals surface area contributed by atoms with Crippen LogP contribution in [0.2, 0.25) is 5.02 Å². The minimum atomic E-state index is 0.122. The molecule has 3 rings (SSSR count). The van der Waals surface area contributed by atoms with Gasteiger partial charge in [0.1, 0.15) is 0 Å². The molecule has 0 aliphatic carbocycles. The fraction of sp³-hybridized carbons (Fsp3) is 0.647. The number of ether oxygens (including phenoxy) is 1. The Labute approximate surface area is 132 Å². The molecule has 0 saturated carbocycles. The molecular weight excluding hydrogens is 284 g/mol. The molecule has 21 heavy (non-hydrogen) atoms. The van der Waals surface area contributed by atoms with Gasteiger partial charge in [0.15, 0.2) is 0 Å². The predicted molar refractivity (Wildman–Crippen MR) is 86.7 cm³/mol. The van der Waals surface area contributed by atoms with Gasteiger partial charge in [-0.3, -0.25) is 4.90 Å². The lowest BCUT2D eigenvalue weighted by atomic mass is 9.78. The van der Waals surface area contributed by atoms with Gasteiger partial charge in [0.2, 0.25) is 0 Å². The van der Waals surface area contributed by atoms with Crippen molar-refractivity contribution in [2.75, 3.05) is 40.3 Å². The van der Waals surface area contributed by atoms with E-state index >= 15 is 0 Å². The van der Waals surface area contributed by atoms with E-state index in [1.807, 2.05) is 12.1 Å². The zero-order chi connectivity index (χ0) is 14.9. The predicted octanol–water partition coefficient (Wildman–Crippen LogP) is 2.88. The lowest BCUT2D eigenvalue weighted by Crippen LogP contribution is -2.64. The SMILES string of the molecule is CN(C)CC[C@H]1CCOC12CN(Cc1ccccc1Cl)C2. The maximum Gasteiger partial charge on any atom is 0.0964 e. The van der Waals surface area contributed by atoms with Crippen molar-refractivity contribution >= 4 is 11.6 Å². The molecule has 1 atom stereocenters. The van der Waals surface area contributed by atoms with E-state index in [9.17, 15) is 0 Å². The minimum absolute atomic E-state index is 0.122. The summed E-state index contributed by atoms with van der Waals surface area (Å²) in [4.78, 5) is 4.72.